The maximum absolute atomic E-state index is 6.28. The van der Waals surface area contributed by atoms with Crippen LogP contribution in [-0.4, -0.2) is 24.5 Å². The summed E-state index contributed by atoms with van der Waals surface area (Å²) in [6.07, 6.45) is 2.02. The van der Waals surface area contributed by atoms with Crippen LogP contribution in [-0.2, 0) is 9.31 Å². The number of hydrogen-bond acceptors (Lipinski definition) is 4. The molecule has 0 bridgehead atoms. The van der Waals surface area contributed by atoms with E-state index in [0.717, 1.165) is 16.7 Å². The van der Waals surface area contributed by atoms with Crippen LogP contribution in [0.15, 0.2) is 142 Å². The molecule has 2 aliphatic rings. The number of nitrogens with zero attached hydrogens (tertiary/aromatic N) is 1. The van der Waals surface area contributed by atoms with E-state index in [-0.39, 0.29) is 18.3 Å². The van der Waals surface area contributed by atoms with Gasteiger partial charge < -0.3 is 9.31 Å². The maximum atomic E-state index is 6.28. The van der Waals surface area contributed by atoms with Gasteiger partial charge in [0.2, 0.25) is 0 Å². The molecule has 0 aromatic heterocycles. The Morgan fingerprint density at radius 2 is 1.04 bits per heavy atom. The highest BCUT2D eigenvalue weighted by molar-refractivity contribution is 7.99. The van der Waals surface area contributed by atoms with E-state index in [4.69, 9.17) is 14.3 Å². The Labute approximate surface area is 275 Å². The number of aliphatic imine (C=N–C) groups is 1. The Balaban J connectivity index is 1.11. The molecular weight excluding hydrogens is 581 g/mol. The quantitative estimate of drug-likeness (QED) is 0.185. The maximum Gasteiger partial charge on any atom is 0.494 e. The van der Waals surface area contributed by atoms with Crippen molar-refractivity contribution in [2.24, 2.45) is 4.99 Å². The summed E-state index contributed by atoms with van der Waals surface area (Å²) in [5, 5.41) is 2.46. The van der Waals surface area contributed by atoms with Gasteiger partial charge in [-0.05, 0) is 95.5 Å². The Hall–Kier alpha value is -4.42. The van der Waals surface area contributed by atoms with E-state index >= 15 is 0 Å². The third-order valence-electron chi connectivity index (χ3n) is 9.66. The van der Waals surface area contributed by atoms with Gasteiger partial charge in [-0.2, -0.15) is 0 Å². The van der Waals surface area contributed by atoms with Gasteiger partial charge in [0.1, 0.15) is 0 Å². The van der Waals surface area contributed by atoms with Crippen molar-refractivity contribution in [1.82, 2.24) is 0 Å². The second kappa shape index (κ2) is 11.1. The lowest BCUT2D eigenvalue weighted by molar-refractivity contribution is 0.00578. The summed E-state index contributed by atoms with van der Waals surface area (Å²) < 4.78 is 12.6. The van der Waals surface area contributed by atoms with Gasteiger partial charge in [-0.15, -0.1) is 0 Å². The number of benzene rings is 6. The Morgan fingerprint density at radius 1 is 0.522 bits per heavy atom. The van der Waals surface area contributed by atoms with Crippen molar-refractivity contribution in [3.05, 3.63) is 133 Å². The number of hydrogen-bond donors (Lipinski definition) is 0. The van der Waals surface area contributed by atoms with E-state index in [9.17, 15) is 0 Å². The lowest BCUT2D eigenvalue weighted by Crippen LogP contribution is -2.41. The molecule has 0 aliphatic carbocycles. The van der Waals surface area contributed by atoms with E-state index in [1.807, 2.05) is 12.3 Å². The minimum absolute atomic E-state index is 0.361. The Morgan fingerprint density at radius 3 is 1.67 bits per heavy atom. The molecule has 0 radical (unpaired) electrons. The summed E-state index contributed by atoms with van der Waals surface area (Å²) >= 11 is 1.78. The zero-order valence-corrected chi connectivity index (χ0v) is 27.3. The van der Waals surface area contributed by atoms with Gasteiger partial charge in [0, 0.05) is 21.6 Å². The van der Waals surface area contributed by atoms with Crippen LogP contribution >= 0.6 is 11.8 Å². The van der Waals surface area contributed by atoms with E-state index in [1.165, 1.54) is 53.9 Å². The molecule has 0 N–H and O–H groups in total. The minimum atomic E-state index is -0.366. The predicted molar refractivity (Wildman–Crippen MR) is 194 cm³/mol. The highest BCUT2D eigenvalue weighted by Gasteiger charge is 2.51. The van der Waals surface area contributed by atoms with Gasteiger partial charge in [-0.25, -0.2) is 0 Å². The van der Waals surface area contributed by atoms with E-state index in [2.05, 4.69) is 149 Å². The fourth-order valence-electron chi connectivity index (χ4n) is 6.35. The van der Waals surface area contributed by atoms with Gasteiger partial charge in [-0.3, -0.25) is 4.99 Å². The molecule has 8 rings (SSSR count). The van der Waals surface area contributed by atoms with Crippen molar-refractivity contribution >= 4 is 47.0 Å². The number of para-hydroxylation sites is 1. The lowest BCUT2D eigenvalue weighted by Gasteiger charge is -2.32. The van der Waals surface area contributed by atoms with Crippen LogP contribution in [0, 0.1) is 0 Å². The number of fused-ring (bicyclic) bond motifs is 3. The summed E-state index contributed by atoms with van der Waals surface area (Å²) in [6.45, 7) is 8.36. The summed E-state index contributed by atoms with van der Waals surface area (Å²) in [5.41, 5.74) is 9.66. The fraction of sp³-hybridized carbons (Fsp3) is 0.146. The summed E-state index contributed by atoms with van der Waals surface area (Å²) in [5.74, 6) is 0. The Kier molecular flexibility index (Phi) is 7.02. The molecule has 0 unspecified atom stereocenters. The second-order valence-corrected chi connectivity index (χ2v) is 14.1. The normalized spacial score (nSPS) is 16.2. The third-order valence-corrected chi connectivity index (χ3v) is 10.8. The molecule has 2 heterocycles. The second-order valence-electron chi connectivity index (χ2n) is 13.0. The molecule has 6 aromatic carbocycles. The molecule has 6 aromatic rings. The highest BCUT2D eigenvalue weighted by atomic mass is 32.2. The first-order valence-electron chi connectivity index (χ1n) is 15.8. The topological polar surface area (TPSA) is 30.8 Å². The van der Waals surface area contributed by atoms with Crippen LogP contribution in [0.5, 0.6) is 0 Å². The molecule has 1 saturated heterocycles. The summed E-state index contributed by atoms with van der Waals surface area (Å²) in [4.78, 5) is 7.23. The smallest absolute Gasteiger partial charge is 0.399 e. The molecule has 0 spiro atoms. The molecule has 224 valence electrons. The van der Waals surface area contributed by atoms with Gasteiger partial charge in [0.05, 0.1) is 16.9 Å². The lowest BCUT2D eigenvalue weighted by atomic mass is 9.78. The van der Waals surface area contributed by atoms with Gasteiger partial charge >= 0.3 is 7.12 Å². The standard InChI is InChI=1S/C41H34BNO2S/c1-40(2)41(3,4)45-42(44-40)30-22-20-29(21-23-30)33-25-24-32(34-10-5-6-11-35(33)34)28-18-16-27(17-19-28)31-12-9-15-38-36(31)26-43-37-13-7-8-14-39(37)46-38/h5-26H,1-4H3. The van der Waals surface area contributed by atoms with E-state index < -0.39 is 0 Å². The van der Waals surface area contributed by atoms with Crippen LogP contribution < -0.4 is 5.46 Å². The predicted octanol–water partition coefficient (Wildman–Crippen LogP) is 10.4. The molecule has 3 nitrogen and oxygen atoms in total. The zero-order chi connectivity index (χ0) is 31.5. The van der Waals surface area contributed by atoms with Gasteiger partial charge in [0.25, 0.3) is 0 Å². The first-order chi connectivity index (χ1) is 22.3. The molecule has 1 fully saturated rings. The first-order valence-corrected chi connectivity index (χ1v) is 16.6. The fourth-order valence-corrected chi connectivity index (χ4v) is 7.38. The average molecular weight is 616 g/mol. The minimum Gasteiger partial charge on any atom is -0.399 e. The third kappa shape index (κ3) is 5.00. The van der Waals surface area contributed by atoms with Crippen LogP contribution in [0.3, 0.4) is 0 Å². The Bertz CT molecular complexity index is 2120. The zero-order valence-electron chi connectivity index (χ0n) is 26.5. The molecule has 0 saturated carbocycles. The van der Waals surface area contributed by atoms with Crippen molar-refractivity contribution in [1.29, 1.82) is 0 Å². The van der Waals surface area contributed by atoms with Gasteiger partial charge in [0.15, 0.2) is 0 Å². The molecule has 0 amide bonds. The number of rotatable bonds is 4. The first kappa shape index (κ1) is 29.0. The van der Waals surface area contributed by atoms with E-state index in [1.54, 1.807) is 11.8 Å². The largest absolute Gasteiger partial charge is 0.494 e. The van der Waals surface area contributed by atoms with Crippen LogP contribution in [0.1, 0.15) is 33.3 Å². The van der Waals surface area contributed by atoms with Crippen LogP contribution in [0.25, 0.3) is 44.2 Å². The highest BCUT2D eigenvalue weighted by Crippen LogP contribution is 2.42. The van der Waals surface area contributed by atoms with Crippen LogP contribution in [0.2, 0.25) is 0 Å². The molecule has 46 heavy (non-hydrogen) atoms. The van der Waals surface area contributed by atoms with Crippen molar-refractivity contribution in [3.8, 4) is 33.4 Å². The van der Waals surface area contributed by atoms with Crippen molar-refractivity contribution in [2.75, 3.05) is 0 Å². The van der Waals surface area contributed by atoms with Crippen molar-refractivity contribution < 1.29 is 9.31 Å². The molecular formula is C41H34BNO2S. The summed E-state index contributed by atoms with van der Waals surface area (Å²) in [6, 6.07) is 45.6. The van der Waals surface area contributed by atoms with Crippen molar-refractivity contribution in [2.45, 2.75) is 48.7 Å². The molecule has 5 heteroatoms. The van der Waals surface area contributed by atoms with Crippen molar-refractivity contribution in [3.63, 3.8) is 0 Å². The molecule has 0 atom stereocenters. The monoisotopic (exact) mass is 615 g/mol. The van der Waals surface area contributed by atoms with Crippen LogP contribution in [0.4, 0.5) is 5.69 Å². The SMILES string of the molecule is CC1(C)OB(c2ccc(-c3ccc(-c4ccc(-c5cccc6c5C=Nc5ccccc5S6)cc4)c4ccccc34)cc2)OC1(C)C. The average Bonchev–Trinajstić information content (AvgIpc) is 3.18. The van der Waals surface area contributed by atoms with E-state index in [0.29, 0.717) is 0 Å². The van der Waals surface area contributed by atoms with Gasteiger partial charge in [-0.1, -0.05) is 121 Å². The summed E-state index contributed by atoms with van der Waals surface area (Å²) in [7, 11) is -0.366. The molecule has 2 aliphatic heterocycles.